The first-order valence-corrected chi connectivity index (χ1v) is 5.39. The second kappa shape index (κ2) is 3.41. The zero-order valence-corrected chi connectivity index (χ0v) is 9.20. The van der Waals surface area contributed by atoms with Gasteiger partial charge in [-0.2, -0.15) is 5.10 Å². The van der Waals surface area contributed by atoms with Crippen molar-refractivity contribution in [1.29, 1.82) is 0 Å². The molecule has 0 saturated heterocycles. The number of aryl methyl sites for hydroxylation is 1. The van der Waals surface area contributed by atoms with E-state index in [-0.39, 0.29) is 16.9 Å². The Kier molecular flexibility index (Phi) is 2.01. The fourth-order valence-electron chi connectivity index (χ4n) is 2.02. The number of benzene rings is 1. The summed E-state index contributed by atoms with van der Waals surface area (Å²) in [5.74, 6) is -0.375. The average Bonchev–Trinajstić information content (AvgIpc) is 2.81. The maximum absolute atomic E-state index is 14.1. The molecular weight excluding hydrogens is 221 g/mol. The lowest BCUT2D eigenvalue weighted by atomic mass is 10.1. The number of hydrogen-bond donors (Lipinski definition) is 1. The van der Waals surface area contributed by atoms with E-state index in [4.69, 9.17) is 0 Å². The lowest BCUT2D eigenvalue weighted by Gasteiger charge is -2.05. The van der Waals surface area contributed by atoms with Crippen molar-refractivity contribution < 1.29 is 4.39 Å². The summed E-state index contributed by atoms with van der Waals surface area (Å²) in [6, 6.07) is 5.09. The van der Waals surface area contributed by atoms with Crippen LogP contribution in [0.5, 0.6) is 0 Å². The van der Waals surface area contributed by atoms with Crippen LogP contribution in [-0.4, -0.2) is 14.6 Å². The van der Waals surface area contributed by atoms with Crippen molar-refractivity contribution in [2.45, 2.75) is 13.3 Å². The standard InChI is InChI=1S/C12H10FN3O/c1-2-7-3-4-8-11(10(7)13)15-12(17)9-5-6-14-16(8)9/h3-6H,2H2,1H3,(H,15,17). The highest BCUT2D eigenvalue weighted by atomic mass is 19.1. The first-order valence-electron chi connectivity index (χ1n) is 5.39. The van der Waals surface area contributed by atoms with E-state index in [1.807, 2.05) is 6.92 Å². The normalized spacial score (nSPS) is 11.4. The predicted molar refractivity (Wildman–Crippen MR) is 62.7 cm³/mol. The first-order chi connectivity index (χ1) is 8.22. The summed E-state index contributed by atoms with van der Waals surface area (Å²) in [7, 11) is 0. The van der Waals surface area contributed by atoms with E-state index in [1.165, 1.54) is 10.7 Å². The van der Waals surface area contributed by atoms with Gasteiger partial charge in [0.1, 0.15) is 11.0 Å². The van der Waals surface area contributed by atoms with Crippen LogP contribution < -0.4 is 5.56 Å². The van der Waals surface area contributed by atoms with Crippen molar-refractivity contribution in [3.8, 4) is 0 Å². The second-order valence-corrected chi connectivity index (χ2v) is 3.87. The monoisotopic (exact) mass is 231 g/mol. The fourth-order valence-corrected chi connectivity index (χ4v) is 2.02. The minimum atomic E-state index is -0.375. The second-order valence-electron chi connectivity index (χ2n) is 3.87. The quantitative estimate of drug-likeness (QED) is 0.695. The van der Waals surface area contributed by atoms with E-state index < -0.39 is 0 Å². The lowest BCUT2D eigenvalue weighted by molar-refractivity contribution is 0.620. The topological polar surface area (TPSA) is 50.2 Å². The minimum absolute atomic E-state index is 0.213. The molecule has 0 aliphatic carbocycles. The largest absolute Gasteiger partial charge is 0.316 e. The smallest absolute Gasteiger partial charge is 0.274 e. The van der Waals surface area contributed by atoms with Gasteiger partial charge in [0.15, 0.2) is 5.82 Å². The molecule has 5 heteroatoms. The van der Waals surface area contributed by atoms with E-state index in [2.05, 4.69) is 10.1 Å². The van der Waals surface area contributed by atoms with Crippen molar-refractivity contribution in [3.05, 3.63) is 46.1 Å². The molecule has 1 aromatic carbocycles. The van der Waals surface area contributed by atoms with E-state index in [0.29, 0.717) is 23.0 Å². The van der Waals surface area contributed by atoms with Crippen LogP contribution in [0.2, 0.25) is 0 Å². The molecule has 3 aromatic rings. The summed E-state index contributed by atoms with van der Waals surface area (Å²) in [6.07, 6.45) is 2.11. The first kappa shape index (κ1) is 10.0. The number of rotatable bonds is 1. The Hall–Kier alpha value is -2.17. The Balaban J connectivity index is 2.58. The van der Waals surface area contributed by atoms with Crippen LogP contribution >= 0.6 is 0 Å². The number of aromatic nitrogens is 3. The molecule has 0 unspecified atom stereocenters. The maximum Gasteiger partial charge on any atom is 0.274 e. The summed E-state index contributed by atoms with van der Waals surface area (Å²) in [5.41, 5.74) is 1.45. The van der Waals surface area contributed by atoms with Crippen LogP contribution in [0, 0.1) is 5.82 Å². The molecule has 0 aliphatic rings. The van der Waals surface area contributed by atoms with E-state index in [0.717, 1.165) is 0 Å². The third-order valence-corrected chi connectivity index (χ3v) is 2.92. The minimum Gasteiger partial charge on any atom is -0.316 e. The SMILES string of the molecule is CCc1ccc2c([nH]c(=O)c3ccnn32)c1F. The van der Waals surface area contributed by atoms with Crippen LogP contribution in [0.25, 0.3) is 16.6 Å². The molecule has 0 saturated carbocycles. The number of nitrogens with one attached hydrogen (secondary N) is 1. The van der Waals surface area contributed by atoms with Crippen LogP contribution in [0.1, 0.15) is 12.5 Å². The van der Waals surface area contributed by atoms with Crippen molar-refractivity contribution in [1.82, 2.24) is 14.6 Å². The highest BCUT2D eigenvalue weighted by Gasteiger charge is 2.11. The summed E-state index contributed by atoms with van der Waals surface area (Å²) >= 11 is 0. The molecule has 0 amide bonds. The predicted octanol–water partition coefficient (Wildman–Crippen LogP) is 1.88. The van der Waals surface area contributed by atoms with Gasteiger partial charge in [0.2, 0.25) is 0 Å². The van der Waals surface area contributed by atoms with Crippen LogP contribution in [-0.2, 0) is 6.42 Å². The van der Waals surface area contributed by atoms with E-state index in [9.17, 15) is 9.18 Å². The van der Waals surface area contributed by atoms with Gasteiger partial charge in [-0.05, 0) is 24.1 Å². The van der Waals surface area contributed by atoms with Gasteiger partial charge in [0.05, 0.1) is 11.7 Å². The number of H-pyrrole nitrogens is 1. The molecule has 0 fully saturated rings. The third-order valence-electron chi connectivity index (χ3n) is 2.92. The van der Waals surface area contributed by atoms with E-state index >= 15 is 0 Å². The zero-order chi connectivity index (χ0) is 12.0. The van der Waals surface area contributed by atoms with Gasteiger partial charge in [-0.3, -0.25) is 4.79 Å². The number of hydrogen-bond acceptors (Lipinski definition) is 2. The van der Waals surface area contributed by atoms with Crippen LogP contribution in [0.15, 0.2) is 29.2 Å². The Morgan fingerprint density at radius 2 is 2.18 bits per heavy atom. The fraction of sp³-hybridized carbons (Fsp3) is 0.167. The van der Waals surface area contributed by atoms with E-state index in [1.54, 1.807) is 18.2 Å². The Morgan fingerprint density at radius 1 is 1.35 bits per heavy atom. The molecule has 0 spiro atoms. The number of aromatic amines is 1. The summed E-state index contributed by atoms with van der Waals surface area (Å²) in [5, 5.41) is 4.03. The number of halogens is 1. The van der Waals surface area contributed by atoms with Crippen molar-refractivity contribution >= 4 is 16.6 Å². The molecule has 0 atom stereocenters. The Morgan fingerprint density at radius 3 is 2.94 bits per heavy atom. The molecule has 4 nitrogen and oxygen atoms in total. The lowest BCUT2D eigenvalue weighted by Crippen LogP contribution is -2.12. The molecule has 3 rings (SSSR count). The Labute approximate surface area is 95.7 Å². The summed E-state index contributed by atoms with van der Waals surface area (Å²) < 4.78 is 15.5. The number of fused-ring (bicyclic) bond motifs is 3. The average molecular weight is 231 g/mol. The number of nitrogens with zero attached hydrogens (tertiary/aromatic N) is 2. The molecule has 0 aliphatic heterocycles. The van der Waals surface area contributed by atoms with Crippen LogP contribution in [0.3, 0.4) is 0 Å². The highest BCUT2D eigenvalue weighted by molar-refractivity contribution is 5.79. The van der Waals surface area contributed by atoms with Gasteiger partial charge in [-0.25, -0.2) is 8.91 Å². The maximum atomic E-state index is 14.1. The van der Waals surface area contributed by atoms with Gasteiger partial charge < -0.3 is 4.98 Å². The van der Waals surface area contributed by atoms with Gasteiger partial charge in [-0.15, -0.1) is 0 Å². The zero-order valence-electron chi connectivity index (χ0n) is 9.20. The third kappa shape index (κ3) is 1.28. The molecule has 2 heterocycles. The molecule has 17 heavy (non-hydrogen) atoms. The Bertz CT molecular complexity index is 772. The van der Waals surface area contributed by atoms with Gasteiger partial charge in [0, 0.05) is 0 Å². The molecule has 86 valence electrons. The van der Waals surface area contributed by atoms with Gasteiger partial charge in [-0.1, -0.05) is 13.0 Å². The highest BCUT2D eigenvalue weighted by Crippen LogP contribution is 2.19. The molecule has 2 aromatic heterocycles. The van der Waals surface area contributed by atoms with Crippen molar-refractivity contribution in [3.63, 3.8) is 0 Å². The van der Waals surface area contributed by atoms with Crippen molar-refractivity contribution in [2.75, 3.05) is 0 Å². The summed E-state index contributed by atoms with van der Waals surface area (Å²) in [6.45, 7) is 1.87. The summed E-state index contributed by atoms with van der Waals surface area (Å²) in [4.78, 5) is 14.3. The molecule has 0 radical (unpaired) electrons. The van der Waals surface area contributed by atoms with Crippen molar-refractivity contribution in [2.24, 2.45) is 0 Å². The molecule has 1 N–H and O–H groups in total. The van der Waals surface area contributed by atoms with Gasteiger partial charge >= 0.3 is 0 Å². The van der Waals surface area contributed by atoms with Crippen LogP contribution in [0.4, 0.5) is 4.39 Å². The molecule has 0 bridgehead atoms. The molecular formula is C12H10FN3O. The van der Waals surface area contributed by atoms with Gasteiger partial charge in [0.25, 0.3) is 5.56 Å².